The van der Waals surface area contributed by atoms with Crippen molar-refractivity contribution in [1.29, 1.82) is 0 Å². The number of pyridine rings is 1. The highest BCUT2D eigenvalue weighted by molar-refractivity contribution is 6.33. The molecule has 0 unspecified atom stereocenters. The molecule has 0 atom stereocenters. The maximum atomic E-state index is 12.9. The molecular formula is C62H59ClN12O4. The molecule has 0 spiro atoms. The summed E-state index contributed by atoms with van der Waals surface area (Å²) < 4.78 is 0. The van der Waals surface area contributed by atoms with Crippen LogP contribution in [0, 0.1) is 6.92 Å². The predicted molar refractivity (Wildman–Crippen MR) is 314 cm³/mol. The van der Waals surface area contributed by atoms with Gasteiger partial charge in [0, 0.05) is 125 Å². The van der Waals surface area contributed by atoms with Crippen molar-refractivity contribution in [2.24, 2.45) is 0 Å². The fourth-order valence-electron chi connectivity index (χ4n) is 8.08. The molecule has 0 bridgehead atoms. The Labute approximate surface area is 463 Å². The predicted octanol–water partition coefficient (Wildman–Crippen LogP) is 10.9. The van der Waals surface area contributed by atoms with E-state index in [1.807, 2.05) is 136 Å². The number of halogens is 1. The summed E-state index contributed by atoms with van der Waals surface area (Å²) in [6.45, 7) is 3.37. The summed E-state index contributed by atoms with van der Waals surface area (Å²) in [4.78, 5) is 79.5. The number of aromatic nitrogens is 6. The van der Waals surface area contributed by atoms with E-state index in [2.05, 4.69) is 41.2 Å². The minimum atomic E-state index is -0.254. The molecule has 0 aliphatic carbocycles. The molecule has 0 saturated heterocycles. The first-order chi connectivity index (χ1) is 38.2. The first kappa shape index (κ1) is 55.7. The lowest BCUT2D eigenvalue weighted by Crippen LogP contribution is -2.14. The van der Waals surface area contributed by atoms with Crippen LogP contribution in [0.25, 0.3) is 33.4 Å². The van der Waals surface area contributed by atoms with E-state index in [-0.39, 0.29) is 23.6 Å². The van der Waals surface area contributed by atoms with Crippen molar-refractivity contribution in [3.63, 3.8) is 0 Å². The third-order valence-corrected chi connectivity index (χ3v) is 12.4. The number of nitrogens with one attached hydrogen (secondary N) is 5. The van der Waals surface area contributed by atoms with E-state index < -0.39 is 0 Å². The Bertz CT molecular complexity index is 3640. The highest BCUT2D eigenvalue weighted by atomic mass is 35.5. The van der Waals surface area contributed by atoms with Crippen molar-refractivity contribution in [3.8, 4) is 22.5 Å². The van der Waals surface area contributed by atoms with Gasteiger partial charge in [0.15, 0.2) is 0 Å². The number of carbonyl (C=O) groups excluding carboxylic acids is 4. The van der Waals surface area contributed by atoms with Crippen molar-refractivity contribution in [1.82, 2.24) is 39.7 Å². The van der Waals surface area contributed by atoms with Gasteiger partial charge in [-0.25, -0.2) is 19.9 Å². The molecule has 0 aliphatic heterocycles. The summed E-state index contributed by atoms with van der Waals surface area (Å²) in [5, 5.41) is 13.0. The number of amides is 4. The van der Waals surface area contributed by atoms with Crippen molar-refractivity contribution in [2.45, 2.75) is 19.8 Å². The van der Waals surface area contributed by atoms with Crippen molar-refractivity contribution >= 4 is 68.9 Å². The number of benzene rings is 5. The van der Waals surface area contributed by atoms with Gasteiger partial charge < -0.3 is 36.1 Å². The minimum Gasteiger partial charge on any atom is -0.360 e. The van der Waals surface area contributed by atoms with Gasteiger partial charge in [-0.05, 0) is 149 Å². The van der Waals surface area contributed by atoms with Gasteiger partial charge in [0.25, 0.3) is 11.8 Å². The summed E-state index contributed by atoms with van der Waals surface area (Å²) in [6.07, 6.45) is 16.3. The maximum absolute atomic E-state index is 12.9. The lowest BCUT2D eigenvalue weighted by atomic mass is 10.0. The molecule has 79 heavy (non-hydrogen) atoms. The van der Waals surface area contributed by atoms with E-state index in [1.54, 1.807) is 85.5 Å². The van der Waals surface area contributed by atoms with Crippen LogP contribution in [0.5, 0.6) is 0 Å². The molecule has 5 aromatic carbocycles. The monoisotopic (exact) mass is 1070 g/mol. The molecule has 0 fully saturated rings. The number of carbonyl (C=O) groups is 4. The second kappa shape index (κ2) is 27.0. The number of aromatic amines is 1. The Morgan fingerprint density at radius 1 is 0.595 bits per heavy atom. The zero-order chi connectivity index (χ0) is 55.7. The van der Waals surface area contributed by atoms with E-state index >= 15 is 0 Å². The summed E-state index contributed by atoms with van der Waals surface area (Å²) in [5.74, 6) is 0.374. The second-order valence-corrected chi connectivity index (χ2v) is 19.3. The summed E-state index contributed by atoms with van der Waals surface area (Å²) in [6, 6.07) is 40.6. The number of hydrogen-bond acceptors (Lipinski definition) is 11. The molecule has 0 radical (unpaired) electrons. The molecule has 0 saturated carbocycles. The number of rotatable bonds is 18. The number of anilines is 4. The van der Waals surface area contributed by atoms with Gasteiger partial charge in [0.1, 0.15) is 11.6 Å². The van der Waals surface area contributed by atoms with Crippen LogP contribution in [-0.4, -0.2) is 105 Å². The van der Waals surface area contributed by atoms with Gasteiger partial charge in [-0.15, -0.1) is 0 Å². The van der Waals surface area contributed by atoms with E-state index in [4.69, 9.17) is 21.6 Å². The smallest absolute Gasteiger partial charge is 0.255 e. The Morgan fingerprint density at radius 2 is 1.22 bits per heavy atom. The summed E-state index contributed by atoms with van der Waals surface area (Å²) >= 11 is 6.49. The quantitative estimate of drug-likeness (QED) is 0.0512. The molecule has 9 aromatic rings. The highest BCUT2D eigenvalue weighted by Crippen LogP contribution is 2.32. The second-order valence-electron chi connectivity index (χ2n) is 18.9. The van der Waals surface area contributed by atoms with Crippen molar-refractivity contribution in [3.05, 3.63) is 233 Å². The number of nitrogens with zero attached hydrogens (tertiary/aromatic N) is 7. The average molecular weight is 1070 g/mol. The van der Waals surface area contributed by atoms with Crippen molar-refractivity contribution < 1.29 is 19.2 Å². The normalized spacial score (nSPS) is 11.2. The van der Waals surface area contributed by atoms with Gasteiger partial charge in [0.2, 0.25) is 11.8 Å². The standard InChI is InChI=1S/C32H29ClN6O2.C30H30N6O2/c1-39(2)16-6-11-30(40)36-23-14-12-22(13-15-23)32(41)37-24-8-5-7-21(17-24)18-29-35-20-27(33)31(38-29)26-19-34-28-10-4-3-9-25(26)28;1-21-8-11-26(18-24(21)19-28-32-16-14-27(35-28)23-6-4-15-31-20-23)34-30(38)22-9-12-25(13-10-22)33-29(37)7-5-17-36(2)3/h3-15,17,19-20,34H,16,18H2,1-2H3,(H,36,40)(H,37,41);4-16,18,20H,17,19H2,1-3H3,(H,33,37)(H,34,38)/b11-6+;7-5+. The molecule has 4 heterocycles. The molecule has 9 rings (SSSR count). The highest BCUT2D eigenvalue weighted by Gasteiger charge is 2.15. The fraction of sp³-hybridized carbons (Fsp3) is 0.145. The first-order valence-electron chi connectivity index (χ1n) is 25.3. The van der Waals surface area contributed by atoms with Crippen LogP contribution >= 0.6 is 11.6 Å². The molecule has 5 N–H and O–H groups in total. The molecule has 16 nitrogen and oxygen atoms in total. The van der Waals surface area contributed by atoms with Gasteiger partial charge in [-0.2, -0.15) is 0 Å². The van der Waals surface area contributed by atoms with E-state index in [9.17, 15) is 19.2 Å². The first-order valence-corrected chi connectivity index (χ1v) is 25.7. The van der Waals surface area contributed by atoms with E-state index in [0.29, 0.717) is 82.2 Å². The number of para-hydroxylation sites is 1. The summed E-state index contributed by atoms with van der Waals surface area (Å²) in [7, 11) is 7.72. The van der Waals surface area contributed by atoms with Crippen molar-refractivity contribution in [2.75, 3.05) is 62.5 Å². The Balaban J connectivity index is 0.000000209. The Hall–Kier alpha value is -9.48. The largest absolute Gasteiger partial charge is 0.360 e. The van der Waals surface area contributed by atoms with E-state index in [0.717, 1.165) is 44.4 Å². The Kier molecular flexibility index (Phi) is 19.1. The van der Waals surface area contributed by atoms with Gasteiger partial charge in [0.05, 0.1) is 16.4 Å². The molecule has 4 aromatic heterocycles. The number of likely N-dealkylation sites (N-methyl/N-ethyl adjacent to an activating group) is 2. The number of aryl methyl sites for hydroxylation is 1. The average Bonchev–Trinajstić information content (AvgIpc) is 4.02. The van der Waals surface area contributed by atoms with Crippen LogP contribution in [-0.2, 0) is 22.4 Å². The molecule has 17 heteroatoms. The third kappa shape index (κ3) is 16.3. The fourth-order valence-corrected chi connectivity index (χ4v) is 8.27. The minimum absolute atomic E-state index is 0.216. The third-order valence-electron chi connectivity index (χ3n) is 12.1. The number of H-pyrrole nitrogens is 1. The molecule has 0 aliphatic rings. The molecule has 4 amide bonds. The number of fused-ring (bicyclic) bond motifs is 1. The zero-order valence-electron chi connectivity index (χ0n) is 44.4. The lowest BCUT2D eigenvalue weighted by molar-refractivity contribution is -0.112. The topological polar surface area (TPSA) is 203 Å². The summed E-state index contributed by atoms with van der Waals surface area (Å²) in [5.41, 5.74) is 10.9. The van der Waals surface area contributed by atoms with Crippen LogP contribution in [0.2, 0.25) is 5.02 Å². The molecule has 398 valence electrons. The number of hydrogen-bond donors (Lipinski definition) is 5. The van der Waals surface area contributed by atoms with Crippen LogP contribution < -0.4 is 21.3 Å². The maximum Gasteiger partial charge on any atom is 0.255 e. The lowest BCUT2D eigenvalue weighted by Gasteiger charge is -2.11. The van der Waals surface area contributed by atoms with E-state index in [1.165, 1.54) is 12.2 Å². The SMILES string of the molecule is CN(C)C/C=C/C(=O)Nc1ccc(C(=O)Nc2cccc(Cc3ncc(Cl)c(-c4c[nH]c5ccccc45)n3)c2)cc1.Cc1ccc(NC(=O)c2ccc(NC(=O)/C=C/CN(C)C)cc2)cc1Cc1nccc(-c2cccnc2)n1. The van der Waals surface area contributed by atoms with Crippen LogP contribution in [0.3, 0.4) is 0 Å². The van der Waals surface area contributed by atoms with Gasteiger partial charge >= 0.3 is 0 Å². The van der Waals surface area contributed by atoms with Gasteiger partial charge in [-0.3, -0.25) is 24.2 Å². The Morgan fingerprint density at radius 3 is 1.85 bits per heavy atom. The van der Waals surface area contributed by atoms with Gasteiger partial charge in [-0.1, -0.05) is 60.2 Å². The van der Waals surface area contributed by atoms with Crippen LogP contribution in [0.4, 0.5) is 22.7 Å². The zero-order valence-corrected chi connectivity index (χ0v) is 45.1. The van der Waals surface area contributed by atoms with Crippen LogP contribution in [0.1, 0.15) is 49.1 Å². The van der Waals surface area contributed by atoms with Crippen LogP contribution in [0.15, 0.2) is 189 Å². The molecular weight excluding hydrogens is 1010 g/mol.